The first kappa shape index (κ1) is 17.7. The van der Waals surface area contributed by atoms with E-state index in [0.29, 0.717) is 17.8 Å². The summed E-state index contributed by atoms with van der Waals surface area (Å²) in [5.74, 6) is -1.72. The first-order chi connectivity index (χ1) is 11.5. The van der Waals surface area contributed by atoms with E-state index in [4.69, 9.17) is 16.3 Å². The fourth-order valence-electron chi connectivity index (χ4n) is 2.08. The Morgan fingerprint density at radius 3 is 2.54 bits per heavy atom. The van der Waals surface area contributed by atoms with Crippen LogP contribution >= 0.6 is 11.6 Å². The zero-order chi connectivity index (χ0) is 17.7. The number of rotatable bonds is 5. The fourth-order valence-corrected chi connectivity index (χ4v) is 2.34. The molecule has 24 heavy (non-hydrogen) atoms. The van der Waals surface area contributed by atoms with Gasteiger partial charge >= 0.3 is 0 Å². The minimum Gasteiger partial charge on any atom is -0.494 e. The molecule has 0 radical (unpaired) electrons. The molecule has 5 nitrogen and oxygen atoms in total. The summed E-state index contributed by atoms with van der Waals surface area (Å²) < 4.78 is 18.9. The lowest BCUT2D eigenvalue weighted by atomic mass is 10.1. The average Bonchev–Trinajstić information content (AvgIpc) is 2.55. The molecule has 2 aromatic carbocycles. The standard InChI is InChI=1S/C17H16ClFN2O3/c1-3-20-16(22)11-8-7-10(9-13(11)18)21-17(23)12-5-4-6-14(24-2)15(12)19/h4-9H,3H2,1-2H3,(H,20,22)(H,21,23). The van der Waals surface area contributed by atoms with Gasteiger partial charge in [0.15, 0.2) is 11.6 Å². The van der Waals surface area contributed by atoms with E-state index >= 15 is 0 Å². The number of hydrogen-bond acceptors (Lipinski definition) is 3. The minimum atomic E-state index is -0.748. The molecule has 2 N–H and O–H groups in total. The molecule has 0 aliphatic carbocycles. The number of anilines is 1. The van der Waals surface area contributed by atoms with Crippen LogP contribution in [-0.2, 0) is 0 Å². The Kier molecular flexibility index (Phi) is 5.76. The van der Waals surface area contributed by atoms with Crippen LogP contribution in [0.15, 0.2) is 36.4 Å². The first-order valence-electron chi connectivity index (χ1n) is 7.19. The summed E-state index contributed by atoms with van der Waals surface area (Å²) in [7, 11) is 1.32. The number of ether oxygens (including phenoxy) is 1. The van der Waals surface area contributed by atoms with E-state index in [1.54, 1.807) is 6.92 Å². The molecule has 0 atom stereocenters. The Balaban J connectivity index is 2.21. The van der Waals surface area contributed by atoms with Gasteiger partial charge in [-0.2, -0.15) is 0 Å². The maximum atomic E-state index is 14.1. The summed E-state index contributed by atoms with van der Waals surface area (Å²) in [6.07, 6.45) is 0. The normalized spacial score (nSPS) is 10.2. The first-order valence-corrected chi connectivity index (χ1v) is 7.57. The lowest BCUT2D eigenvalue weighted by Crippen LogP contribution is -2.23. The highest BCUT2D eigenvalue weighted by Gasteiger charge is 2.16. The van der Waals surface area contributed by atoms with Gasteiger partial charge in [-0.25, -0.2) is 4.39 Å². The predicted octanol–water partition coefficient (Wildman–Crippen LogP) is 3.49. The van der Waals surface area contributed by atoms with Crippen molar-refractivity contribution in [1.29, 1.82) is 0 Å². The topological polar surface area (TPSA) is 67.4 Å². The fraction of sp³-hybridized carbons (Fsp3) is 0.176. The van der Waals surface area contributed by atoms with Gasteiger partial charge in [0.2, 0.25) is 0 Å². The van der Waals surface area contributed by atoms with E-state index < -0.39 is 11.7 Å². The molecule has 7 heteroatoms. The van der Waals surface area contributed by atoms with Gasteiger partial charge in [0, 0.05) is 12.2 Å². The van der Waals surface area contributed by atoms with Crippen molar-refractivity contribution < 1.29 is 18.7 Å². The van der Waals surface area contributed by atoms with Crippen LogP contribution in [0.1, 0.15) is 27.6 Å². The third kappa shape index (κ3) is 3.83. The third-order valence-corrected chi connectivity index (χ3v) is 3.55. The number of carbonyl (C=O) groups is 2. The molecular formula is C17H16ClFN2O3. The maximum absolute atomic E-state index is 14.1. The second-order valence-corrected chi connectivity index (χ2v) is 5.24. The van der Waals surface area contributed by atoms with E-state index in [-0.39, 0.29) is 22.2 Å². The lowest BCUT2D eigenvalue weighted by Gasteiger charge is -2.10. The van der Waals surface area contributed by atoms with Gasteiger partial charge in [0.25, 0.3) is 11.8 Å². The number of hydrogen-bond donors (Lipinski definition) is 2. The van der Waals surface area contributed by atoms with Gasteiger partial charge in [-0.1, -0.05) is 17.7 Å². The Morgan fingerprint density at radius 1 is 1.17 bits per heavy atom. The molecule has 0 saturated heterocycles. The van der Waals surface area contributed by atoms with Gasteiger partial charge in [-0.15, -0.1) is 0 Å². The predicted molar refractivity (Wildman–Crippen MR) is 90.4 cm³/mol. The van der Waals surface area contributed by atoms with E-state index in [9.17, 15) is 14.0 Å². The molecular weight excluding hydrogens is 335 g/mol. The van der Waals surface area contributed by atoms with Crippen molar-refractivity contribution in [2.45, 2.75) is 6.92 Å². The number of halogens is 2. The van der Waals surface area contributed by atoms with Gasteiger partial charge in [0.05, 0.1) is 23.3 Å². The monoisotopic (exact) mass is 350 g/mol. The molecule has 2 amide bonds. The van der Waals surface area contributed by atoms with E-state index in [1.165, 1.54) is 43.5 Å². The molecule has 0 fully saturated rings. The molecule has 2 rings (SSSR count). The highest BCUT2D eigenvalue weighted by molar-refractivity contribution is 6.34. The maximum Gasteiger partial charge on any atom is 0.258 e. The van der Waals surface area contributed by atoms with Crippen molar-refractivity contribution in [3.8, 4) is 5.75 Å². The van der Waals surface area contributed by atoms with Crippen LogP contribution in [-0.4, -0.2) is 25.5 Å². The molecule has 0 heterocycles. The minimum absolute atomic E-state index is 0.0210. The van der Waals surface area contributed by atoms with Crippen LogP contribution in [0.2, 0.25) is 5.02 Å². The Morgan fingerprint density at radius 2 is 1.92 bits per heavy atom. The molecule has 0 saturated carbocycles. The zero-order valence-electron chi connectivity index (χ0n) is 13.2. The second-order valence-electron chi connectivity index (χ2n) is 4.83. The van der Waals surface area contributed by atoms with E-state index in [0.717, 1.165) is 0 Å². The molecule has 126 valence electrons. The highest BCUT2D eigenvalue weighted by Crippen LogP contribution is 2.24. The van der Waals surface area contributed by atoms with Crippen LogP contribution in [0.5, 0.6) is 5.75 Å². The molecule has 2 aromatic rings. The van der Waals surface area contributed by atoms with Crippen molar-refractivity contribution >= 4 is 29.1 Å². The largest absolute Gasteiger partial charge is 0.494 e. The summed E-state index contributed by atoms with van der Waals surface area (Å²) in [5.41, 5.74) is 0.489. The Bertz CT molecular complexity index is 780. The third-order valence-electron chi connectivity index (χ3n) is 3.24. The van der Waals surface area contributed by atoms with Crippen LogP contribution in [0.3, 0.4) is 0 Å². The molecule has 0 spiro atoms. The Hall–Kier alpha value is -2.60. The number of benzene rings is 2. The molecule has 0 aromatic heterocycles. The second kappa shape index (κ2) is 7.79. The van der Waals surface area contributed by atoms with Crippen LogP contribution in [0, 0.1) is 5.82 Å². The summed E-state index contributed by atoms with van der Waals surface area (Å²) in [6.45, 7) is 2.27. The number of nitrogens with one attached hydrogen (secondary N) is 2. The van der Waals surface area contributed by atoms with Crippen LogP contribution < -0.4 is 15.4 Å². The highest BCUT2D eigenvalue weighted by atomic mass is 35.5. The summed E-state index contributed by atoms with van der Waals surface area (Å²) in [6, 6.07) is 8.73. The smallest absolute Gasteiger partial charge is 0.258 e. The van der Waals surface area contributed by atoms with Gasteiger partial charge in [-0.05, 0) is 37.3 Å². The molecule has 0 bridgehead atoms. The van der Waals surface area contributed by atoms with Crippen LogP contribution in [0.4, 0.5) is 10.1 Å². The summed E-state index contributed by atoms with van der Waals surface area (Å²) in [5, 5.41) is 5.36. The number of methoxy groups -OCH3 is 1. The van der Waals surface area contributed by atoms with E-state index in [1.807, 2.05) is 0 Å². The van der Waals surface area contributed by atoms with E-state index in [2.05, 4.69) is 10.6 Å². The van der Waals surface area contributed by atoms with Gasteiger partial charge in [0.1, 0.15) is 0 Å². The average molecular weight is 351 g/mol. The SMILES string of the molecule is CCNC(=O)c1ccc(NC(=O)c2cccc(OC)c2F)cc1Cl. The van der Waals surface area contributed by atoms with Crippen molar-refractivity contribution in [1.82, 2.24) is 5.32 Å². The Labute approximate surface area is 143 Å². The number of carbonyl (C=O) groups excluding carboxylic acids is 2. The zero-order valence-corrected chi connectivity index (χ0v) is 13.9. The van der Waals surface area contributed by atoms with Gasteiger partial charge < -0.3 is 15.4 Å². The molecule has 0 aliphatic heterocycles. The van der Waals surface area contributed by atoms with Crippen LogP contribution in [0.25, 0.3) is 0 Å². The molecule has 0 unspecified atom stereocenters. The van der Waals surface area contributed by atoms with Crippen molar-refractivity contribution in [3.63, 3.8) is 0 Å². The van der Waals surface area contributed by atoms with Crippen molar-refractivity contribution in [3.05, 3.63) is 58.4 Å². The van der Waals surface area contributed by atoms with Gasteiger partial charge in [-0.3, -0.25) is 9.59 Å². The lowest BCUT2D eigenvalue weighted by molar-refractivity contribution is 0.0955. The van der Waals surface area contributed by atoms with Crippen molar-refractivity contribution in [2.75, 3.05) is 19.0 Å². The summed E-state index contributed by atoms with van der Waals surface area (Å²) in [4.78, 5) is 24.0. The quantitative estimate of drug-likeness (QED) is 0.867. The van der Waals surface area contributed by atoms with Crippen molar-refractivity contribution in [2.24, 2.45) is 0 Å². The number of amides is 2. The summed E-state index contributed by atoms with van der Waals surface area (Å²) >= 11 is 6.06. The molecule has 0 aliphatic rings.